The summed E-state index contributed by atoms with van der Waals surface area (Å²) in [7, 11) is 2.72. The number of aromatic nitrogens is 3. The molecule has 0 aromatic carbocycles. The van der Waals surface area contributed by atoms with Crippen molar-refractivity contribution in [2.45, 2.75) is 214 Å². The van der Waals surface area contributed by atoms with Crippen molar-refractivity contribution in [2.24, 2.45) is 5.11 Å². The first-order chi connectivity index (χ1) is 28.1. The van der Waals surface area contributed by atoms with Crippen LogP contribution in [0.15, 0.2) is 11.3 Å². The average molecular weight is 867 g/mol. The van der Waals surface area contributed by atoms with Gasteiger partial charge in [0.05, 0.1) is 36.1 Å². The molecule has 6 N–H and O–H groups in total. The first-order valence-electron chi connectivity index (χ1n) is 20.5. The van der Waals surface area contributed by atoms with Crippen LogP contribution in [0, 0.1) is 12.3 Å². The van der Waals surface area contributed by atoms with Gasteiger partial charge in [0.1, 0.15) is 54.9 Å². The molecule has 2 aliphatic heterocycles. The highest BCUT2D eigenvalue weighted by atomic mass is 16.7. The number of methoxy groups -OCH3 is 2. The molecular weight excluding hydrogens is 788 g/mol. The molecule has 0 aliphatic carbocycles. The van der Waals surface area contributed by atoms with Gasteiger partial charge in [0.25, 0.3) is 0 Å². The minimum atomic E-state index is -1.39. The molecule has 0 bridgehead atoms. The lowest BCUT2D eigenvalue weighted by atomic mass is 9.98. The lowest BCUT2D eigenvalue weighted by Crippen LogP contribution is -2.62. The molecular formula is C40H78N6O14. The largest absolute Gasteiger partial charge is 0.388 e. The van der Waals surface area contributed by atoms with E-state index in [4.69, 9.17) is 49.8 Å². The molecule has 60 heavy (non-hydrogen) atoms. The molecule has 3 rings (SSSR count). The predicted octanol–water partition coefficient (Wildman–Crippen LogP) is 3.22. The molecule has 14 atom stereocenters. The van der Waals surface area contributed by atoms with Gasteiger partial charge >= 0.3 is 0 Å². The van der Waals surface area contributed by atoms with Gasteiger partial charge in [-0.25, -0.2) is 4.68 Å². The van der Waals surface area contributed by atoms with E-state index in [2.05, 4.69) is 26.3 Å². The van der Waals surface area contributed by atoms with Gasteiger partial charge in [0.2, 0.25) is 0 Å². The fourth-order valence-electron chi connectivity index (χ4n) is 5.27. The third-order valence-electron chi connectivity index (χ3n) is 7.90. The Morgan fingerprint density at radius 1 is 0.817 bits per heavy atom. The highest BCUT2D eigenvalue weighted by Crippen LogP contribution is 2.31. The second kappa shape index (κ2) is 30.5. The highest BCUT2D eigenvalue weighted by Gasteiger charge is 2.49. The number of nitrogens with zero attached hydrogens (tertiary/aromatic N) is 6. The Labute approximate surface area is 357 Å². The van der Waals surface area contributed by atoms with Crippen molar-refractivity contribution in [2.75, 3.05) is 20.8 Å². The molecule has 14 unspecified atom stereocenters. The summed E-state index contributed by atoms with van der Waals surface area (Å²) in [5.74, 6) is 2.43. The van der Waals surface area contributed by atoms with E-state index >= 15 is 0 Å². The van der Waals surface area contributed by atoms with Crippen molar-refractivity contribution in [1.82, 2.24) is 15.0 Å². The molecule has 20 heteroatoms. The summed E-state index contributed by atoms with van der Waals surface area (Å²) in [4.78, 5) is 2.67. The first kappa shape index (κ1) is 59.5. The van der Waals surface area contributed by atoms with Crippen LogP contribution in [0.1, 0.15) is 109 Å². The van der Waals surface area contributed by atoms with Crippen LogP contribution >= 0.6 is 0 Å². The van der Waals surface area contributed by atoms with E-state index in [9.17, 15) is 30.6 Å². The van der Waals surface area contributed by atoms with Gasteiger partial charge in [-0.1, -0.05) is 51.9 Å². The quantitative estimate of drug-likeness (QED) is 0.0486. The fraction of sp³-hybridized carbons (Fsp3) is 0.900. The lowest BCUT2D eigenvalue weighted by molar-refractivity contribution is -0.343. The second-order valence-corrected chi connectivity index (χ2v) is 15.2. The number of rotatable bonds is 15. The van der Waals surface area contributed by atoms with E-state index in [1.807, 2.05) is 62.3 Å². The third kappa shape index (κ3) is 21.5. The smallest absolute Gasteiger partial charge is 0.187 e. The van der Waals surface area contributed by atoms with Crippen LogP contribution in [-0.2, 0) is 50.9 Å². The summed E-state index contributed by atoms with van der Waals surface area (Å²) in [6, 6.07) is 0. The molecule has 2 fully saturated rings. The van der Waals surface area contributed by atoms with Gasteiger partial charge in [0, 0.05) is 31.7 Å². The first-order valence-corrected chi connectivity index (χ1v) is 20.5. The molecule has 0 amide bonds. The third-order valence-corrected chi connectivity index (χ3v) is 7.90. The van der Waals surface area contributed by atoms with Gasteiger partial charge in [-0.2, -0.15) is 0 Å². The Balaban J connectivity index is 0. The zero-order chi connectivity index (χ0) is 47.0. The molecule has 0 saturated carbocycles. The van der Waals surface area contributed by atoms with Crippen LogP contribution in [0.25, 0.3) is 10.4 Å². The van der Waals surface area contributed by atoms with E-state index in [1.54, 1.807) is 31.6 Å². The van der Waals surface area contributed by atoms with Crippen molar-refractivity contribution >= 4 is 0 Å². The maximum atomic E-state index is 10.7. The molecule has 0 spiro atoms. The van der Waals surface area contributed by atoms with E-state index < -0.39 is 97.4 Å². The van der Waals surface area contributed by atoms with Crippen molar-refractivity contribution in [3.63, 3.8) is 0 Å². The topological polar surface area (TPSA) is 275 Å². The van der Waals surface area contributed by atoms with Gasteiger partial charge in [-0.15, -0.1) is 17.4 Å². The van der Waals surface area contributed by atoms with Crippen molar-refractivity contribution < 1.29 is 68.5 Å². The van der Waals surface area contributed by atoms with E-state index in [0.717, 1.165) is 18.5 Å². The summed E-state index contributed by atoms with van der Waals surface area (Å²) < 4.78 is 45.9. The molecule has 2 saturated heterocycles. The fourth-order valence-corrected chi connectivity index (χ4v) is 5.27. The molecule has 1 aromatic rings. The van der Waals surface area contributed by atoms with Gasteiger partial charge in [-0.05, 0) is 67.3 Å². The summed E-state index contributed by atoms with van der Waals surface area (Å²) in [5.41, 5.74) is 8.11. The summed E-state index contributed by atoms with van der Waals surface area (Å²) in [5, 5.41) is 72.9. The van der Waals surface area contributed by atoms with Gasteiger partial charge in [0.15, 0.2) is 25.2 Å². The lowest BCUT2D eigenvalue weighted by Gasteiger charge is -2.44. The normalized spacial score (nSPS) is 28.4. The Morgan fingerprint density at radius 3 is 1.53 bits per heavy atom. The minimum absolute atomic E-state index is 0.148. The number of aliphatic hydroxyl groups is 6. The highest BCUT2D eigenvalue weighted by molar-refractivity contribution is 4.95. The Bertz CT molecular complexity index is 1330. The number of hydrogen-bond donors (Lipinski definition) is 6. The van der Waals surface area contributed by atoms with Crippen LogP contribution < -0.4 is 0 Å². The number of ether oxygens (including phenoxy) is 8. The molecule has 20 nitrogen and oxygen atoms in total. The number of aryl methyl sites for hydroxylation is 1. The van der Waals surface area contributed by atoms with Crippen LogP contribution in [0.4, 0.5) is 0 Å². The standard InChI is InChI=1S/C18H33N3O7.C14H27N3O7.C4H6.2C2H6/c1-7-11-8-21(20-19-11)9-12-15(27-16(25-6)10(2)22)13(23)14(24)17(26-12)28-18(3,4)5;1-7(18)12(21-5)23-11-8(6-16-17-15)22-13(10(20)9(11)19)24-14(2,3)4;1-3-4-2;2*1-2/h8,10,12-17,22-24H,7,9H2,1-6H3;7-13,18-20H,6H2,1-5H3;1H,4H2,2H3;2*1-2H3. The number of aliphatic hydroxyl groups excluding tert-OH is 6. The zero-order valence-electron chi connectivity index (χ0n) is 38.7. The number of hydrogen-bond acceptors (Lipinski definition) is 17. The number of azide groups is 1. The zero-order valence-corrected chi connectivity index (χ0v) is 38.7. The Morgan fingerprint density at radius 2 is 1.22 bits per heavy atom. The maximum Gasteiger partial charge on any atom is 0.187 e. The van der Waals surface area contributed by atoms with Crippen molar-refractivity contribution in [3.8, 4) is 12.3 Å². The predicted molar refractivity (Wildman–Crippen MR) is 223 cm³/mol. The number of terminal acetylenes is 1. The van der Waals surface area contributed by atoms with Gasteiger partial charge in [-0.3, -0.25) is 0 Å². The Hall–Kier alpha value is -2.55. The maximum absolute atomic E-state index is 10.7. The van der Waals surface area contributed by atoms with Crippen molar-refractivity contribution in [1.29, 1.82) is 0 Å². The average Bonchev–Trinajstić information content (AvgIpc) is 3.65. The molecule has 3 heterocycles. The molecule has 2 aliphatic rings. The van der Waals surface area contributed by atoms with Crippen LogP contribution in [0.5, 0.6) is 0 Å². The molecule has 1 aromatic heterocycles. The SMILES string of the molecule is C#CCC.CC.CC.CCc1cn(CC2OC(OC(C)(C)C)C(O)C(O)C2OC(OC)C(C)O)nn1.COC(OC1C(CN=[N+]=[N-])OC(OC(C)(C)C)C(O)C1O)C(C)O. The van der Waals surface area contributed by atoms with E-state index in [0.29, 0.717) is 0 Å². The summed E-state index contributed by atoms with van der Waals surface area (Å²) in [6.07, 6.45) is -7.13. The van der Waals surface area contributed by atoms with Crippen LogP contribution in [0.2, 0.25) is 0 Å². The van der Waals surface area contributed by atoms with Crippen LogP contribution in [-0.4, -0.2) is 164 Å². The summed E-state index contributed by atoms with van der Waals surface area (Å²) in [6.45, 7) is 25.7. The summed E-state index contributed by atoms with van der Waals surface area (Å²) >= 11 is 0. The second-order valence-electron chi connectivity index (χ2n) is 15.2. The molecule has 352 valence electrons. The molecule has 0 radical (unpaired) electrons. The monoisotopic (exact) mass is 867 g/mol. The Kier molecular flexibility index (Phi) is 30.3. The van der Waals surface area contributed by atoms with Crippen LogP contribution in [0.3, 0.4) is 0 Å². The van der Waals surface area contributed by atoms with E-state index in [1.165, 1.54) is 28.1 Å². The van der Waals surface area contributed by atoms with E-state index in [-0.39, 0.29) is 13.1 Å². The minimum Gasteiger partial charge on any atom is -0.388 e. The van der Waals surface area contributed by atoms with Gasteiger partial charge < -0.3 is 68.5 Å². The van der Waals surface area contributed by atoms with Crippen molar-refractivity contribution in [3.05, 3.63) is 22.3 Å².